The third-order valence-electron chi connectivity index (χ3n) is 12.7. The molecule has 1 saturated carbocycles. The molecule has 0 radical (unpaired) electrons. The van der Waals surface area contributed by atoms with Crippen molar-refractivity contribution in [1.29, 1.82) is 0 Å². The van der Waals surface area contributed by atoms with Gasteiger partial charge >= 0.3 is 5.69 Å². The fourth-order valence-electron chi connectivity index (χ4n) is 9.22. The Morgan fingerprint density at radius 1 is 0.621 bits per heavy atom. The number of ether oxygens (including phenoxy) is 6. The fourth-order valence-corrected chi connectivity index (χ4v) is 9.22. The highest BCUT2D eigenvalue weighted by atomic mass is 16.5. The standard InChI is InChI=1S/C54H51N3O9/c1-37-48(57-33-32-50(58)56-51(57)59)34-49(66-54(39-14-10-7-11-15-39,42-20-28-46(63-4)29-21-42)43-22-30-47(64-5)31-23-43)52(37,35-55-60)36-65-53(38-12-8-6-9-13-38,40-16-24-44(61-2)25-17-40)41-18-26-45(62-3)27-19-41/h6-33,35,48-49,60H,1,34,36H2,2-5H3,(H,56,58,59). The van der Waals surface area contributed by atoms with Gasteiger partial charge in [0.15, 0.2) is 0 Å². The molecule has 7 aromatic rings. The van der Waals surface area contributed by atoms with E-state index in [0.29, 0.717) is 28.6 Å². The third kappa shape index (κ3) is 8.16. The van der Waals surface area contributed by atoms with E-state index in [2.05, 4.69) is 16.7 Å². The van der Waals surface area contributed by atoms with Crippen molar-refractivity contribution in [3.05, 3.63) is 236 Å². The summed E-state index contributed by atoms with van der Waals surface area (Å²) < 4.78 is 39.3. The smallest absolute Gasteiger partial charge is 0.328 e. The molecule has 0 aliphatic heterocycles. The summed E-state index contributed by atoms with van der Waals surface area (Å²) in [6.45, 7) is 4.48. The average molecular weight is 886 g/mol. The molecule has 1 aliphatic rings. The number of nitrogens with one attached hydrogen (secondary N) is 1. The van der Waals surface area contributed by atoms with Gasteiger partial charge in [-0.15, -0.1) is 5.16 Å². The van der Waals surface area contributed by atoms with E-state index in [1.165, 1.54) is 23.0 Å². The summed E-state index contributed by atoms with van der Waals surface area (Å²) in [6.07, 6.45) is 2.02. The van der Waals surface area contributed by atoms with E-state index >= 15 is 0 Å². The van der Waals surface area contributed by atoms with E-state index in [1.54, 1.807) is 28.4 Å². The second-order valence-corrected chi connectivity index (χ2v) is 16.0. The molecule has 0 amide bonds. The molecule has 0 spiro atoms. The number of rotatable bonds is 17. The Balaban J connectivity index is 1.39. The number of benzene rings is 6. The highest BCUT2D eigenvalue weighted by Gasteiger charge is 2.57. The van der Waals surface area contributed by atoms with Crippen LogP contribution >= 0.6 is 0 Å². The molecule has 0 saturated heterocycles. The largest absolute Gasteiger partial charge is 0.497 e. The Hall–Kier alpha value is -7.67. The van der Waals surface area contributed by atoms with E-state index < -0.39 is 40.0 Å². The van der Waals surface area contributed by atoms with Gasteiger partial charge in [-0.25, -0.2) is 4.79 Å². The summed E-state index contributed by atoms with van der Waals surface area (Å²) >= 11 is 0. The van der Waals surface area contributed by atoms with Crippen LogP contribution in [0, 0.1) is 5.41 Å². The molecule has 2 N–H and O–H groups in total. The van der Waals surface area contributed by atoms with Crippen LogP contribution in [0.4, 0.5) is 0 Å². The average Bonchev–Trinajstić information content (AvgIpc) is 3.63. The molecule has 12 nitrogen and oxygen atoms in total. The van der Waals surface area contributed by atoms with E-state index in [-0.39, 0.29) is 13.0 Å². The van der Waals surface area contributed by atoms with Gasteiger partial charge in [-0.1, -0.05) is 116 Å². The molecule has 1 heterocycles. The topological polar surface area (TPSA) is 143 Å². The maximum atomic E-state index is 13.8. The van der Waals surface area contributed by atoms with Crippen LogP contribution in [0.3, 0.4) is 0 Å². The molecule has 12 heteroatoms. The Labute approximate surface area is 382 Å². The number of hydrogen-bond donors (Lipinski definition) is 2. The quantitative estimate of drug-likeness (QED) is 0.0302. The Bertz CT molecular complexity index is 2790. The predicted molar refractivity (Wildman–Crippen MR) is 252 cm³/mol. The van der Waals surface area contributed by atoms with Crippen molar-refractivity contribution in [3.8, 4) is 23.0 Å². The van der Waals surface area contributed by atoms with Gasteiger partial charge in [-0.2, -0.15) is 0 Å². The van der Waals surface area contributed by atoms with Crippen molar-refractivity contribution in [2.24, 2.45) is 10.6 Å². The predicted octanol–water partition coefficient (Wildman–Crippen LogP) is 8.90. The number of hydrogen-bond acceptors (Lipinski definition) is 10. The van der Waals surface area contributed by atoms with Crippen molar-refractivity contribution < 1.29 is 33.6 Å². The molecule has 3 atom stereocenters. The molecule has 66 heavy (non-hydrogen) atoms. The SMILES string of the molecule is C=C1C(n2ccc(=O)[nH]c2=O)CC(OC(c2ccccc2)(c2ccc(OC)cc2)c2ccc(OC)cc2)C1(C=NO)COC(c1ccccc1)(c1ccc(OC)cc1)c1ccc(OC)cc1. The van der Waals surface area contributed by atoms with Gasteiger partial charge in [-0.3, -0.25) is 14.3 Å². The highest BCUT2D eigenvalue weighted by Crippen LogP contribution is 2.55. The van der Waals surface area contributed by atoms with Gasteiger partial charge in [0.2, 0.25) is 0 Å². The molecule has 1 fully saturated rings. The van der Waals surface area contributed by atoms with Crippen molar-refractivity contribution >= 4 is 6.21 Å². The van der Waals surface area contributed by atoms with Gasteiger partial charge in [0, 0.05) is 12.3 Å². The third-order valence-corrected chi connectivity index (χ3v) is 12.7. The number of nitrogens with zero attached hydrogens (tertiary/aromatic N) is 2. The minimum atomic E-state index is -1.48. The molecule has 8 rings (SSSR count). The summed E-state index contributed by atoms with van der Waals surface area (Å²) in [5.74, 6) is 2.60. The van der Waals surface area contributed by atoms with E-state index in [0.717, 1.165) is 33.4 Å². The molecule has 3 unspecified atom stereocenters. The van der Waals surface area contributed by atoms with Crippen LogP contribution in [0.25, 0.3) is 0 Å². The summed E-state index contributed by atoms with van der Waals surface area (Å²) in [7, 11) is 6.44. The summed E-state index contributed by atoms with van der Waals surface area (Å²) in [5.41, 5.74) is -0.315. The molecular weight excluding hydrogens is 835 g/mol. The summed E-state index contributed by atoms with van der Waals surface area (Å²) in [5, 5.41) is 14.6. The molecule has 1 aromatic heterocycles. The van der Waals surface area contributed by atoms with Gasteiger partial charge in [0.25, 0.3) is 5.56 Å². The van der Waals surface area contributed by atoms with E-state index in [4.69, 9.17) is 28.4 Å². The summed E-state index contributed by atoms with van der Waals surface area (Å²) in [6, 6.07) is 50.8. The maximum absolute atomic E-state index is 13.8. The second kappa shape index (κ2) is 19.2. The lowest BCUT2D eigenvalue weighted by Crippen LogP contribution is -2.47. The second-order valence-electron chi connectivity index (χ2n) is 16.0. The first-order valence-electron chi connectivity index (χ1n) is 21.4. The Morgan fingerprint density at radius 2 is 1.02 bits per heavy atom. The van der Waals surface area contributed by atoms with Crippen LogP contribution in [-0.4, -0.2) is 62.1 Å². The first kappa shape index (κ1) is 44.9. The molecule has 336 valence electrons. The molecule has 1 aliphatic carbocycles. The zero-order chi connectivity index (χ0) is 46.3. The monoisotopic (exact) mass is 885 g/mol. The summed E-state index contributed by atoms with van der Waals surface area (Å²) in [4.78, 5) is 28.6. The highest BCUT2D eigenvalue weighted by molar-refractivity contribution is 5.73. The van der Waals surface area contributed by atoms with Gasteiger partial charge in [-0.05, 0) is 93.9 Å². The number of methoxy groups -OCH3 is 4. The van der Waals surface area contributed by atoms with E-state index in [1.807, 2.05) is 158 Å². The normalized spacial score (nSPS) is 17.4. The minimum absolute atomic E-state index is 0.129. The van der Waals surface area contributed by atoms with Crippen molar-refractivity contribution in [2.45, 2.75) is 29.8 Å². The Morgan fingerprint density at radius 3 is 1.41 bits per heavy atom. The molecule has 0 bridgehead atoms. The van der Waals surface area contributed by atoms with Crippen LogP contribution < -0.4 is 30.2 Å². The van der Waals surface area contributed by atoms with Crippen LogP contribution in [0.5, 0.6) is 23.0 Å². The Kier molecular flexibility index (Phi) is 13.1. The number of oxime groups is 1. The van der Waals surface area contributed by atoms with E-state index in [9.17, 15) is 14.8 Å². The first-order valence-corrected chi connectivity index (χ1v) is 21.4. The van der Waals surface area contributed by atoms with Gasteiger partial charge in [0.1, 0.15) is 34.2 Å². The lowest BCUT2D eigenvalue weighted by molar-refractivity contribution is -0.103. The number of aromatic amines is 1. The zero-order valence-electron chi connectivity index (χ0n) is 37.1. The lowest BCUT2D eigenvalue weighted by atomic mass is 9.77. The lowest BCUT2D eigenvalue weighted by Gasteiger charge is -2.44. The van der Waals surface area contributed by atoms with Gasteiger partial charge < -0.3 is 33.6 Å². The van der Waals surface area contributed by atoms with Crippen LogP contribution in [0.2, 0.25) is 0 Å². The molecular formula is C54H51N3O9. The zero-order valence-corrected chi connectivity index (χ0v) is 37.1. The van der Waals surface area contributed by atoms with Crippen LogP contribution in [0.1, 0.15) is 45.8 Å². The van der Waals surface area contributed by atoms with Crippen LogP contribution in [-0.2, 0) is 20.7 Å². The molecule has 6 aromatic carbocycles. The first-order chi connectivity index (χ1) is 32.1. The van der Waals surface area contributed by atoms with Crippen LogP contribution in [0.15, 0.2) is 197 Å². The van der Waals surface area contributed by atoms with Crippen molar-refractivity contribution in [2.75, 3.05) is 35.0 Å². The fraction of sp³-hybridized carbons (Fsp3) is 0.204. The van der Waals surface area contributed by atoms with Crippen molar-refractivity contribution in [1.82, 2.24) is 9.55 Å². The van der Waals surface area contributed by atoms with Crippen molar-refractivity contribution in [3.63, 3.8) is 0 Å². The number of H-pyrrole nitrogens is 1. The van der Waals surface area contributed by atoms with Gasteiger partial charge in [0.05, 0.1) is 58.8 Å². The maximum Gasteiger partial charge on any atom is 0.328 e. The number of aromatic nitrogens is 2. The minimum Gasteiger partial charge on any atom is -0.497 e.